The molecule has 0 aliphatic heterocycles. The number of pyridine rings is 1. The van der Waals surface area contributed by atoms with Crippen LogP contribution >= 0.6 is 0 Å². The van der Waals surface area contributed by atoms with Crippen molar-refractivity contribution >= 4 is 11.5 Å². The molecule has 1 N–H and O–H groups in total. The summed E-state index contributed by atoms with van der Waals surface area (Å²) < 4.78 is 0. The van der Waals surface area contributed by atoms with Crippen LogP contribution in [0.1, 0.15) is 27.2 Å². The Bertz CT molecular complexity index is 365. The highest BCUT2D eigenvalue weighted by Crippen LogP contribution is 2.19. The van der Waals surface area contributed by atoms with Gasteiger partial charge in [0.05, 0.1) is 0 Å². The summed E-state index contributed by atoms with van der Waals surface area (Å²) in [6.07, 6.45) is 3.00. The van der Waals surface area contributed by atoms with Crippen molar-refractivity contribution in [2.75, 3.05) is 43.9 Å². The monoisotopic (exact) mass is 264 g/mol. The Hall–Kier alpha value is -1.29. The first-order valence-electron chi connectivity index (χ1n) is 7.19. The first-order chi connectivity index (χ1) is 9.08. The van der Waals surface area contributed by atoms with E-state index in [1.54, 1.807) is 0 Å². The maximum absolute atomic E-state index is 4.37. The van der Waals surface area contributed by atoms with E-state index < -0.39 is 0 Å². The van der Waals surface area contributed by atoms with Crippen LogP contribution in [0.5, 0.6) is 0 Å². The van der Waals surface area contributed by atoms with Crippen LogP contribution in [0.15, 0.2) is 18.3 Å². The van der Waals surface area contributed by atoms with Crippen LogP contribution in [-0.4, -0.2) is 49.7 Å². The van der Waals surface area contributed by atoms with Crippen molar-refractivity contribution in [2.45, 2.75) is 33.2 Å². The molecule has 0 radical (unpaired) electrons. The zero-order chi connectivity index (χ0) is 14.3. The molecular weight excluding hydrogens is 236 g/mol. The molecule has 108 valence electrons. The van der Waals surface area contributed by atoms with E-state index in [2.05, 4.69) is 67.1 Å². The zero-order valence-electron chi connectivity index (χ0n) is 13.0. The molecule has 0 saturated heterocycles. The van der Waals surface area contributed by atoms with E-state index in [-0.39, 0.29) is 0 Å². The summed E-state index contributed by atoms with van der Waals surface area (Å²) in [7, 11) is 4.23. The van der Waals surface area contributed by atoms with Crippen LogP contribution in [0.3, 0.4) is 0 Å². The predicted molar refractivity (Wildman–Crippen MR) is 84.1 cm³/mol. The van der Waals surface area contributed by atoms with Gasteiger partial charge in [0, 0.05) is 43.6 Å². The number of likely N-dealkylation sites (N-methyl/N-ethyl adjacent to an activating group) is 2. The van der Waals surface area contributed by atoms with Gasteiger partial charge >= 0.3 is 0 Å². The van der Waals surface area contributed by atoms with Crippen LogP contribution in [-0.2, 0) is 0 Å². The molecule has 1 aromatic rings. The predicted octanol–water partition coefficient (Wildman–Crippen LogP) is 2.68. The van der Waals surface area contributed by atoms with E-state index in [9.17, 15) is 0 Å². The summed E-state index contributed by atoms with van der Waals surface area (Å²) in [5.41, 5.74) is 1.24. The minimum absolute atomic E-state index is 0.487. The van der Waals surface area contributed by atoms with Crippen LogP contribution in [0, 0.1) is 0 Å². The smallest absolute Gasteiger partial charge is 0.127 e. The van der Waals surface area contributed by atoms with Gasteiger partial charge in [-0.2, -0.15) is 0 Å². The number of hydrogen-bond donors (Lipinski definition) is 1. The Morgan fingerprint density at radius 3 is 2.63 bits per heavy atom. The van der Waals surface area contributed by atoms with Gasteiger partial charge in [-0.25, -0.2) is 4.98 Å². The summed E-state index contributed by atoms with van der Waals surface area (Å²) in [6, 6.07) is 4.72. The summed E-state index contributed by atoms with van der Waals surface area (Å²) in [5.74, 6) is 0.967. The lowest BCUT2D eigenvalue weighted by atomic mass is 10.2. The number of hydrogen-bond acceptors (Lipinski definition) is 4. The summed E-state index contributed by atoms with van der Waals surface area (Å²) >= 11 is 0. The lowest BCUT2D eigenvalue weighted by molar-refractivity contribution is 0.373. The number of nitrogens with zero attached hydrogens (tertiary/aromatic N) is 3. The molecule has 0 spiro atoms. The molecule has 19 heavy (non-hydrogen) atoms. The lowest BCUT2D eigenvalue weighted by Crippen LogP contribution is -2.40. The Morgan fingerprint density at radius 1 is 1.32 bits per heavy atom. The van der Waals surface area contributed by atoms with E-state index in [0.717, 1.165) is 31.9 Å². The lowest BCUT2D eigenvalue weighted by Gasteiger charge is -2.32. The molecule has 0 fully saturated rings. The van der Waals surface area contributed by atoms with Gasteiger partial charge in [0.1, 0.15) is 5.82 Å². The molecule has 1 atom stereocenters. The van der Waals surface area contributed by atoms with Crippen molar-refractivity contribution < 1.29 is 0 Å². The second-order valence-electron chi connectivity index (χ2n) is 5.22. The Kier molecular flexibility index (Phi) is 6.64. The highest BCUT2D eigenvalue weighted by atomic mass is 15.2. The van der Waals surface area contributed by atoms with Gasteiger partial charge in [0.2, 0.25) is 0 Å². The van der Waals surface area contributed by atoms with Crippen LogP contribution in [0.4, 0.5) is 11.5 Å². The van der Waals surface area contributed by atoms with Crippen molar-refractivity contribution in [2.24, 2.45) is 0 Å². The third-order valence-corrected chi connectivity index (χ3v) is 3.13. The molecule has 0 aromatic carbocycles. The molecule has 0 aliphatic rings. The van der Waals surface area contributed by atoms with Crippen LogP contribution < -0.4 is 10.2 Å². The van der Waals surface area contributed by atoms with Gasteiger partial charge in [-0.1, -0.05) is 6.92 Å². The van der Waals surface area contributed by atoms with Crippen LogP contribution in [0.25, 0.3) is 0 Å². The second kappa shape index (κ2) is 8.00. The minimum Gasteiger partial charge on any atom is -0.370 e. The van der Waals surface area contributed by atoms with Crippen molar-refractivity contribution in [3.63, 3.8) is 0 Å². The highest BCUT2D eigenvalue weighted by Gasteiger charge is 2.14. The third-order valence-electron chi connectivity index (χ3n) is 3.13. The van der Waals surface area contributed by atoms with E-state index >= 15 is 0 Å². The highest BCUT2D eigenvalue weighted by molar-refractivity contribution is 5.54. The molecule has 0 bridgehead atoms. The third kappa shape index (κ3) is 5.07. The van der Waals surface area contributed by atoms with Crippen molar-refractivity contribution in [1.29, 1.82) is 0 Å². The fraction of sp³-hybridized carbons (Fsp3) is 0.667. The van der Waals surface area contributed by atoms with E-state index in [0.29, 0.717) is 6.04 Å². The molecule has 0 saturated carbocycles. The van der Waals surface area contributed by atoms with Crippen molar-refractivity contribution in [3.8, 4) is 0 Å². The molecule has 1 heterocycles. The zero-order valence-corrected chi connectivity index (χ0v) is 13.0. The average Bonchev–Trinajstić information content (AvgIpc) is 2.37. The molecule has 1 unspecified atom stereocenters. The van der Waals surface area contributed by atoms with E-state index in [1.165, 1.54) is 5.69 Å². The first-order valence-corrected chi connectivity index (χ1v) is 7.19. The number of nitrogens with one attached hydrogen (secondary N) is 1. The van der Waals surface area contributed by atoms with Crippen molar-refractivity contribution in [1.82, 2.24) is 9.88 Å². The molecular formula is C15H28N4. The molecule has 4 nitrogen and oxygen atoms in total. The summed E-state index contributed by atoms with van der Waals surface area (Å²) in [5, 5.41) is 3.35. The van der Waals surface area contributed by atoms with E-state index in [4.69, 9.17) is 0 Å². The van der Waals surface area contributed by atoms with Gasteiger partial charge in [0.15, 0.2) is 0 Å². The maximum atomic E-state index is 4.37. The fourth-order valence-corrected chi connectivity index (χ4v) is 2.32. The normalized spacial score (nSPS) is 12.5. The average molecular weight is 264 g/mol. The van der Waals surface area contributed by atoms with Crippen molar-refractivity contribution in [3.05, 3.63) is 18.3 Å². The number of anilines is 2. The van der Waals surface area contributed by atoms with Gasteiger partial charge in [-0.05, 0) is 40.4 Å². The van der Waals surface area contributed by atoms with Crippen LogP contribution in [0.2, 0.25) is 0 Å². The fourth-order valence-electron chi connectivity index (χ4n) is 2.32. The first kappa shape index (κ1) is 15.8. The standard InChI is InChI=1S/C15H28N4/c1-6-9-16-15-11-14(8-10-17-15)19(7-2)13(3)12-18(4)5/h8,10-11,13H,6-7,9,12H2,1-5H3,(H,16,17). The van der Waals surface area contributed by atoms with Gasteiger partial charge in [0.25, 0.3) is 0 Å². The van der Waals surface area contributed by atoms with E-state index in [1.807, 2.05) is 6.20 Å². The van der Waals surface area contributed by atoms with Gasteiger partial charge < -0.3 is 15.1 Å². The Balaban J connectivity index is 2.79. The number of rotatable bonds is 8. The number of aromatic nitrogens is 1. The molecule has 0 amide bonds. The Morgan fingerprint density at radius 2 is 2.05 bits per heavy atom. The largest absolute Gasteiger partial charge is 0.370 e. The minimum atomic E-state index is 0.487. The molecule has 0 aliphatic carbocycles. The second-order valence-corrected chi connectivity index (χ2v) is 5.22. The SMILES string of the molecule is CCCNc1cc(N(CC)C(C)CN(C)C)ccn1. The molecule has 4 heteroatoms. The molecule has 1 aromatic heterocycles. The van der Waals surface area contributed by atoms with Gasteiger partial charge in [-0.3, -0.25) is 0 Å². The summed E-state index contributed by atoms with van der Waals surface area (Å²) in [6.45, 7) is 9.65. The summed E-state index contributed by atoms with van der Waals surface area (Å²) in [4.78, 5) is 9.01. The molecule has 1 rings (SSSR count). The quantitative estimate of drug-likeness (QED) is 0.782. The maximum Gasteiger partial charge on any atom is 0.127 e. The van der Waals surface area contributed by atoms with Gasteiger partial charge in [-0.15, -0.1) is 0 Å². The Labute approximate surface area is 117 Å². The topological polar surface area (TPSA) is 31.4 Å².